The Morgan fingerprint density at radius 2 is 2.00 bits per heavy atom. The van der Waals surface area contributed by atoms with E-state index in [2.05, 4.69) is 5.10 Å². The van der Waals surface area contributed by atoms with Crippen LogP contribution in [0, 0.1) is 6.92 Å². The van der Waals surface area contributed by atoms with Crippen LogP contribution in [0.5, 0.6) is 0 Å². The van der Waals surface area contributed by atoms with E-state index in [0.29, 0.717) is 5.56 Å². The van der Waals surface area contributed by atoms with Crippen LogP contribution in [-0.4, -0.2) is 56.1 Å². The quantitative estimate of drug-likeness (QED) is 0.636. The van der Waals surface area contributed by atoms with Crippen LogP contribution in [0.25, 0.3) is 0 Å². The van der Waals surface area contributed by atoms with Crippen molar-refractivity contribution in [1.29, 1.82) is 0 Å². The summed E-state index contributed by atoms with van der Waals surface area (Å²) in [4.78, 5) is 13.5. The van der Waals surface area contributed by atoms with Crippen molar-refractivity contribution in [2.24, 2.45) is 7.05 Å². The lowest BCUT2D eigenvalue weighted by atomic mass is 10.2. The molecule has 16 heavy (non-hydrogen) atoms. The van der Waals surface area contributed by atoms with Gasteiger partial charge in [0.2, 0.25) is 0 Å². The van der Waals surface area contributed by atoms with Gasteiger partial charge in [-0.05, 0) is 6.92 Å². The Morgan fingerprint density at radius 1 is 1.44 bits per heavy atom. The van der Waals surface area contributed by atoms with Crippen molar-refractivity contribution >= 4 is 5.91 Å². The zero-order valence-corrected chi connectivity index (χ0v) is 9.29. The van der Waals surface area contributed by atoms with Gasteiger partial charge in [-0.15, -0.1) is 0 Å². The summed E-state index contributed by atoms with van der Waals surface area (Å²) in [5.41, 5.74) is 1.30. The van der Waals surface area contributed by atoms with Crippen LogP contribution >= 0.6 is 0 Å². The fraction of sp³-hybridized carbons (Fsp3) is 0.600. The molecule has 0 bridgehead atoms. The van der Waals surface area contributed by atoms with E-state index in [4.69, 9.17) is 0 Å². The molecule has 1 aliphatic heterocycles. The van der Waals surface area contributed by atoms with Gasteiger partial charge in [-0.2, -0.15) is 5.10 Å². The molecule has 6 heteroatoms. The second kappa shape index (κ2) is 3.88. The number of aliphatic hydroxyl groups is 2. The van der Waals surface area contributed by atoms with Crippen molar-refractivity contribution < 1.29 is 15.0 Å². The predicted molar refractivity (Wildman–Crippen MR) is 55.9 cm³/mol. The molecule has 1 aromatic rings. The molecule has 2 heterocycles. The van der Waals surface area contributed by atoms with Gasteiger partial charge in [0.05, 0.1) is 24.0 Å². The number of likely N-dealkylation sites (tertiary alicyclic amines) is 1. The zero-order valence-electron chi connectivity index (χ0n) is 9.29. The van der Waals surface area contributed by atoms with Gasteiger partial charge in [-0.1, -0.05) is 0 Å². The number of carbonyl (C=O) groups is 1. The van der Waals surface area contributed by atoms with Crippen LogP contribution in [-0.2, 0) is 7.05 Å². The molecule has 1 amide bonds. The molecule has 6 nitrogen and oxygen atoms in total. The molecule has 1 fully saturated rings. The van der Waals surface area contributed by atoms with E-state index in [1.54, 1.807) is 11.7 Å². The van der Waals surface area contributed by atoms with Crippen LogP contribution in [0.3, 0.4) is 0 Å². The van der Waals surface area contributed by atoms with Crippen molar-refractivity contribution in [2.75, 3.05) is 13.1 Å². The van der Waals surface area contributed by atoms with Crippen molar-refractivity contribution in [3.8, 4) is 0 Å². The highest BCUT2D eigenvalue weighted by atomic mass is 16.3. The van der Waals surface area contributed by atoms with Gasteiger partial charge in [-0.3, -0.25) is 9.48 Å². The van der Waals surface area contributed by atoms with Crippen LogP contribution < -0.4 is 0 Å². The summed E-state index contributed by atoms with van der Waals surface area (Å²) in [7, 11) is 1.76. The standard InChI is InChI=1S/C10H15N3O3/c1-6-7(3-11-12(6)2)10(16)13-4-8(14)9(15)5-13/h3,8-9,14-15H,4-5H2,1-2H3/t8-,9+. The number of carbonyl (C=O) groups excluding carboxylic acids is 1. The predicted octanol–water partition coefficient (Wildman–Crippen LogP) is -1.09. The van der Waals surface area contributed by atoms with E-state index >= 15 is 0 Å². The number of aryl methyl sites for hydroxylation is 1. The molecule has 2 N–H and O–H groups in total. The monoisotopic (exact) mass is 225 g/mol. The molecule has 1 aromatic heterocycles. The lowest BCUT2D eigenvalue weighted by molar-refractivity contribution is 0.0572. The highest BCUT2D eigenvalue weighted by Gasteiger charge is 2.33. The van der Waals surface area contributed by atoms with E-state index in [0.717, 1.165) is 5.69 Å². The van der Waals surface area contributed by atoms with Crippen LogP contribution in [0.2, 0.25) is 0 Å². The van der Waals surface area contributed by atoms with Gasteiger partial charge in [0, 0.05) is 25.8 Å². The van der Waals surface area contributed by atoms with Gasteiger partial charge in [0.1, 0.15) is 0 Å². The highest BCUT2D eigenvalue weighted by molar-refractivity contribution is 5.95. The maximum Gasteiger partial charge on any atom is 0.257 e. The number of β-amino-alcohol motifs (C(OH)–C–C–N with tert-alkyl or cyclic N) is 2. The first kappa shape index (κ1) is 11.1. The Balaban J connectivity index is 2.18. The zero-order chi connectivity index (χ0) is 11.9. The second-order valence-corrected chi connectivity index (χ2v) is 4.11. The minimum absolute atomic E-state index is 0.175. The summed E-state index contributed by atoms with van der Waals surface area (Å²) in [5.74, 6) is -0.193. The van der Waals surface area contributed by atoms with Crippen molar-refractivity contribution in [1.82, 2.24) is 14.7 Å². The summed E-state index contributed by atoms with van der Waals surface area (Å²) in [6.07, 6.45) is -0.184. The fourth-order valence-electron chi connectivity index (χ4n) is 1.81. The number of nitrogens with zero attached hydrogens (tertiary/aromatic N) is 3. The van der Waals surface area contributed by atoms with Gasteiger partial charge < -0.3 is 15.1 Å². The maximum absolute atomic E-state index is 12.0. The fourth-order valence-corrected chi connectivity index (χ4v) is 1.81. The Bertz CT molecular complexity index is 405. The topological polar surface area (TPSA) is 78.6 Å². The SMILES string of the molecule is Cc1c(C(=O)N2C[C@@H](O)[C@@H](O)C2)cnn1C. The number of amides is 1. The third-order valence-electron chi connectivity index (χ3n) is 3.01. The molecule has 0 unspecified atom stereocenters. The Labute approximate surface area is 93.1 Å². The van der Waals surface area contributed by atoms with E-state index in [1.807, 2.05) is 6.92 Å². The molecule has 1 saturated heterocycles. The smallest absolute Gasteiger partial charge is 0.257 e. The molecular weight excluding hydrogens is 210 g/mol. The summed E-state index contributed by atoms with van der Waals surface area (Å²) in [6.45, 7) is 2.16. The summed E-state index contributed by atoms with van der Waals surface area (Å²) < 4.78 is 1.62. The summed E-state index contributed by atoms with van der Waals surface area (Å²) >= 11 is 0. The van der Waals surface area contributed by atoms with E-state index in [-0.39, 0.29) is 19.0 Å². The van der Waals surface area contributed by atoms with Gasteiger partial charge in [0.25, 0.3) is 5.91 Å². The van der Waals surface area contributed by atoms with Crippen molar-refractivity contribution in [3.63, 3.8) is 0 Å². The van der Waals surface area contributed by atoms with Crippen molar-refractivity contribution in [3.05, 3.63) is 17.5 Å². The van der Waals surface area contributed by atoms with Crippen LogP contribution in [0.4, 0.5) is 0 Å². The molecule has 1 aliphatic rings. The molecule has 88 valence electrons. The molecule has 2 atom stereocenters. The number of aliphatic hydroxyl groups excluding tert-OH is 2. The van der Waals surface area contributed by atoms with Gasteiger partial charge in [-0.25, -0.2) is 0 Å². The summed E-state index contributed by atoms with van der Waals surface area (Å²) in [6, 6.07) is 0. The molecule has 0 spiro atoms. The van der Waals surface area contributed by atoms with E-state index in [9.17, 15) is 15.0 Å². The molecule has 0 radical (unpaired) electrons. The minimum Gasteiger partial charge on any atom is -0.388 e. The molecular formula is C10H15N3O3. The van der Waals surface area contributed by atoms with Crippen LogP contribution in [0.1, 0.15) is 16.1 Å². The van der Waals surface area contributed by atoms with E-state index in [1.165, 1.54) is 11.1 Å². The van der Waals surface area contributed by atoms with Crippen molar-refractivity contribution in [2.45, 2.75) is 19.1 Å². The second-order valence-electron chi connectivity index (χ2n) is 4.11. The highest BCUT2D eigenvalue weighted by Crippen LogP contribution is 2.15. The molecule has 0 aromatic carbocycles. The Hall–Kier alpha value is -1.40. The average Bonchev–Trinajstić information content (AvgIpc) is 2.73. The van der Waals surface area contributed by atoms with Gasteiger partial charge >= 0.3 is 0 Å². The molecule has 0 aliphatic carbocycles. The first-order valence-electron chi connectivity index (χ1n) is 5.14. The maximum atomic E-state index is 12.0. The summed E-state index contributed by atoms with van der Waals surface area (Å²) in [5, 5.41) is 22.7. The number of hydrogen-bond acceptors (Lipinski definition) is 4. The average molecular weight is 225 g/mol. The molecule has 0 saturated carbocycles. The molecule has 2 rings (SSSR count). The lowest BCUT2D eigenvalue weighted by Crippen LogP contribution is -2.30. The number of aromatic nitrogens is 2. The first-order valence-corrected chi connectivity index (χ1v) is 5.14. The minimum atomic E-state index is -0.846. The Morgan fingerprint density at radius 3 is 2.44 bits per heavy atom. The first-order chi connectivity index (χ1) is 7.50. The Kier molecular flexibility index (Phi) is 2.69. The van der Waals surface area contributed by atoms with Crippen LogP contribution in [0.15, 0.2) is 6.20 Å². The third-order valence-corrected chi connectivity index (χ3v) is 3.01. The third kappa shape index (κ3) is 1.70. The number of hydrogen-bond donors (Lipinski definition) is 2. The normalized spacial score (nSPS) is 25.1. The largest absolute Gasteiger partial charge is 0.388 e. The van der Waals surface area contributed by atoms with Gasteiger partial charge in [0.15, 0.2) is 0 Å². The van der Waals surface area contributed by atoms with E-state index < -0.39 is 12.2 Å². The number of rotatable bonds is 1. The lowest BCUT2D eigenvalue weighted by Gasteiger charge is -2.14.